The summed E-state index contributed by atoms with van der Waals surface area (Å²) in [5, 5.41) is 0.739. The van der Waals surface area contributed by atoms with Gasteiger partial charge in [-0.05, 0) is 0 Å². The van der Waals surface area contributed by atoms with Crippen molar-refractivity contribution >= 4 is 17.4 Å². The zero-order valence-corrected chi connectivity index (χ0v) is 15.1. The van der Waals surface area contributed by atoms with Crippen LogP contribution < -0.4 is 26.9 Å². The zero-order valence-electron chi connectivity index (χ0n) is 14.4. The van der Waals surface area contributed by atoms with Gasteiger partial charge >= 0.3 is 5.69 Å². The van der Waals surface area contributed by atoms with Crippen molar-refractivity contribution in [2.75, 3.05) is 18.0 Å². The minimum atomic E-state index is -2.90. The van der Waals surface area contributed by atoms with Crippen LogP contribution in [0.5, 0.6) is 0 Å². The van der Waals surface area contributed by atoms with E-state index in [2.05, 4.69) is 24.9 Å². The Morgan fingerprint density at radius 2 is 1.93 bits per heavy atom. The van der Waals surface area contributed by atoms with Gasteiger partial charge in [0, 0.05) is 18.2 Å². The van der Waals surface area contributed by atoms with Crippen molar-refractivity contribution in [3.63, 3.8) is 0 Å². The molecule has 4 heterocycles. The number of fused-ring (bicyclic) bond motifs is 1. The summed E-state index contributed by atoms with van der Waals surface area (Å²) in [6.07, 6.45) is 1.61. The molecule has 0 saturated carbocycles. The lowest BCUT2D eigenvalue weighted by Gasteiger charge is -2.23. The molecule has 0 bridgehead atoms. The number of H-pyrrole nitrogens is 2. The van der Waals surface area contributed by atoms with Crippen molar-refractivity contribution in [3.05, 3.63) is 54.5 Å². The quantitative estimate of drug-likeness (QED) is 0.772. The molecule has 27 heavy (non-hydrogen) atoms. The number of nitrogens with one attached hydrogen (secondary N) is 2. The number of hydrogen-bond acceptors (Lipinski definition) is 6. The predicted octanol–water partition coefficient (Wildman–Crippen LogP) is 0.545. The first kappa shape index (κ1) is 17.8. The fourth-order valence-corrected chi connectivity index (χ4v) is 3.40. The van der Waals surface area contributed by atoms with Gasteiger partial charge < -0.3 is 9.88 Å². The molecule has 1 fully saturated rings. The van der Waals surface area contributed by atoms with Gasteiger partial charge in [-0.3, -0.25) is 9.78 Å². The first-order valence-electron chi connectivity index (χ1n) is 8.14. The van der Waals surface area contributed by atoms with Gasteiger partial charge in [0.25, 0.3) is 11.5 Å². The second-order valence-electron chi connectivity index (χ2n) is 7.23. The molecular weight excluding hydrogens is 382 g/mol. The number of aromatic nitrogens is 3. The molecule has 0 spiro atoms. The molecule has 1 unspecified atom stereocenters. The Hall–Kier alpha value is -2.62. The Labute approximate surface area is 155 Å². The number of anilines is 1. The first-order chi connectivity index (χ1) is 12.6. The van der Waals surface area contributed by atoms with Crippen LogP contribution >= 0.6 is 11.6 Å². The number of halogens is 3. The standard InChI is InChI=1S/C16H15ClF2N6O2/c1-15(2)5-25(6-16(15,18)19)12-10-9(8(17)4-20-12)22-11(23-10)7-3-21-14(27)24-13(7)26/h3-4,11H,5-6H2,1-2H3,(H2,21,24,26,27). The summed E-state index contributed by atoms with van der Waals surface area (Å²) in [6, 6.07) is 0. The van der Waals surface area contributed by atoms with E-state index in [0.717, 1.165) is 0 Å². The van der Waals surface area contributed by atoms with Crippen molar-refractivity contribution in [2.24, 2.45) is 15.4 Å². The predicted molar refractivity (Wildman–Crippen MR) is 92.9 cm³/mol. The van der Waals surface area contributed by atoms with Crippen LogP contribution in [0.2, 0.25) is 5.02 Å². The maximum atomic E-state index is 14.3. The molecule has 0 aliphatic carbocycles. The van der Waals surface area contributed by atoms with Gasteiger partial charge in [0.1, 0.15) is 10.7 Å². The van der Waals surface area contributed by atoms with Gasteiger partial charge in [0.15, 0.2) is 12.0 Å². The molecule has 2 aromatic rings. The van der Waals surface area contributed by atoms with Crippen LogP contribution in [0.1, 0.15) is 25.6 Å². The third-order valence-corrected chi connectivity index (χ3v) is 5.13. The topological polar surface area (TPSA) is 107 Å². The summed E-state index contributed by atoms with van der Waals surface area (Å²) in [7, 11) is 0. The van der Waals surface area contributed by atoms with E-state index in [9.17, 15) is 18.4 Å². The number of aromatic amines is 2. The van der Waals surface area contributed by atoms with Crippen LogP contribution in [0, 0.1) is 5.41 Å². The Morgan fingerprint density at radius 3 is 2.56 bits per heavy atom. The molecule has 2 aliphatic rings. The van der Waals surface area contributed by atoms with E-state index in [-0.39, 0.29) is 33.7 Å². The molecule has 4 rings (SSSR count). The van der Waals surface area contributed by atoms with E-state index in [0.29, 0.717) is 0 Å². The third-order valence-electron chi connectivity index (χ3n) is 4.86. The highest BCUT2D eigenvalue weighted by molar-refractivity contribution is 6.30. The number of pyridine rings is 1. The molecule has 0 aromatic carbocycles. The Balaban J connectivity index is 1.84. The van der Waals surface area contributed by atoms with E-state index in [1.165, 1.54) is 31.1 Å². The third kappa shape index (κ3) is 2.75. The van der Waals surface area contributed by atoms with E-state index in [1.807, 2.05) is 0 Å². The van der Waals surface area contributed by atoms with Crippen molar-refractivity contribution in [1.29, 1.82) is 0 Å². The summed E-state index contributed by atoms with van der Waals surface area (Å²) in [6.45, 7) is 2.57. The number of rotatable bonds is 2. The van der Waals surface area contributed by atoms with E-state index in [1.54, 1.807) is 0 Å². The van der Waals surface area contributed by atoms with Gasteiger partial charge in [-0.2, -0.15) is 0 Å². The van der Waals surface area contributed by atoms with Crippen molar-refractivity contribution < 1.29 is 8.78 Å². The fourth-order valence-electron chi connectivity index (χ4n) is 3.21. The second-order valence-corrected chi connectivity index (χ2v) is 7.64. The molecule has 1 saturated heterocycles. The van der Waals surface area contributed by atoms with Crippen molar-refractivity contribution in [3.8, 4) is 0 Å². The van der Waals surface area contributed by atoms with Gasteiger partial charge in [-0.25, -0.2) is 28.5 Å². The number of alkyl halides is 2. The van der Waals surface area contributed by atoms with Crippen LogP contribution in [-0.2, 0) is 0 Å². The minimum Gasteiger partial charge on any atom is -0.348 e. The van der Waals surface area contributed by atoms with Crippen molar-refractivity contribution in [1.82, 2.24) is 15.0 Å². The molecule has 2 aliphatic heterocycles. The lowest BCUT2D eigenvalue weighted by molar-refractivity contribution is -0.0642. The minimum absolute atomic E-state index is 0.0838. The summed E-state index contributed by atoms with van der Waals surface area (Å²) in [5.74, 6) is -2.65. The number of hydrogen-bond donors (Lipinski definition) is 2. The normalized spacial score (nSPS) is 22.3. The largest absolute Gasteiger partial charge is 0.348 e. The molecule has 2 N–H and O–H groups in total. The lowest BCUT2D eigenvalue weighted by atomic mass is 9.89. The molecule has 0 amide bonds. The first-order valence-corrected chi connectivity index (χ1v) is 8.52. The summed E-state index contributed by atoms with van der Waals surface area (Å²) >= 11 is 6.15. The summed E-state index contributed by atoms with van der Waals surface area (Å²) < 4.78 is 28.6. The average Bonchev–Trinajstić information content (AvgIpc) is 3.07. The fraction of sp³-hybridized carbons (Fsp3) is 0.438. The van der Waals surface area contributed by atoms with Crippen LogP contribution in [0.25, 0.3) is 0 Å². The van der Waals surface area contributed by atoms with Gasteiger partial charge in [0.05, 0.1) is 23.3 Å². The smallest absolute Gasteiger partial charge is 0.325 e. The van der Waals surface area contributed by atoms with Gasteiger partial charge in [-0.1, -0.05) is 25.4 Å². The van der Waals surface area contributed by atoms with Crippen molar-refractivity contribution in [2.45, 2.75) is 25.9 Å². The monoisotopic (exact) mass is 396 g/mol. The van der Waals surface area contributed by atoms with Crippen LogP contribution in [0.3, 0.4) is 0 Å². The van der Waals surface area contributed by atoms with E-state index < -0.39 is 35.3 Å². The maximum absolute atomic E-state index is 14.3. The van der Waals surface area contributed by atoms with Crippen LogP contribution in [0.4, 0.5) is 14.6 Å². The second kappa shape index (κ2) is 5.69. The highest BCUT2D eigenvalue weighted by atomic mass is 35.5. The molecular formula is C16H15ClF2N6O2. The molecule has 8 nitrogen and oxygen atoms in total. The van der Waals surface area contributed by atoms with Crippen LogP contribution in [-0.4, -0.2) is 34.0 Å². The molecule has 2 aromatic heterocycles. The summed E-state index contributed by atoms with van der Waals surface area (Å²) in [4.78, 5) is 42.0. The molecule has 0 radical (unpaired) electrons. The molecule has 11 heteroatoms. The van der Waals surface area contributed by atoms with Crippen LogP contribution in [0.15, 0.2) is 32.0 Å². The van der Waals surface area contributed by atoms with Gasteiger partial charge in [-0.15, -0.1) is 0 Å². The maximum Gasteiger partial charge on any atom is 0.325 e. The summed E-state index contributed by atoms with van der Waals surface area (Å²) in [5.41, 5.74) is -2.41. The van der Waals surface area contributed by atoms with E-state index in [4.69, 9.17) is 11.6 Å². The SMILES string of the molecule is CC1(C)CN(c2ncc(Cl)c3c2=NC(c2c[nH]c(=O)[nH]c2=O)N=3)CC1(F)F. The highest BCUT2D eigenvalue weighted by Gasteiger charge is 2.54. The lowest BCUT2D eigenvalue weighted by Crippen LogP contribution is -2.35. The van der Waals surface area contributed by atoms with E-state index >= 15 is 0 Å². The molecule has 142 valence electrons. The highest BCUT2D eigenvalue weighted by Crippen LogP contribution is 2.43. The van der Waals surface area contributed by atoms with Gasteiger partial charge in [0.2, 0.25) is 0 Å². The number of nitrogens with zero attached hydrogens (tertiary/aromatic N) is 4. The Kier molecular flexibility index (Phi) is 3.74. The molecule has 1 atom stereocenters. The Morgan fingerprint density at radius 1 is 1.22 bits per heavy atom. The zero-order chi connectivity index (χ0) is 19.6. The average molecular weight is 397 g/mol. The Bertz CT molecular complexity index is 1160.